The molecule has 1 aromatic heterocycles. The molecule has 0 aliphatic rings. The van der Waals surface area contributed by atoms with Crippen LogP contribution in [-0.4, -0.2) is 32.7 Å². The van der Waals surface area contributed by atoms with Gasteiger partial charge in [-0.1, -0.05) is 5.16 Å². The summed E-state index contributed by atoms with van der Waals surface area (Å²) in [5.41, 5.74) is 0. The van der Waals surface area contributed by atoms with E-state index in [9.17, 15) is 4.79 Å². The molecule has 0 aromatic carbocycles. The third kappa shape index (κ3) is 1.51. The third-order valence-corrected chi connectivity index (χ3v) is 1.09. The molecule has 0 unspecified atom stereocenters. The SMILES string of the molecule is O=C(O)N(C=NO)c1ncc[nH]1. The van der Waals surface area contributed by atoms with Gasteiger partial charge in [-0.05, 0) is 0 Å². The van der Waals surface area contributed by atoms with Crippen molar-refractivity contribution >= 4 is 18.4 Å². The first-order chi connectivity index (χ1) is 5.75. The minimum atomic E-state index is -1.29. The number of hydrogen-bond donors (Lipinski definition) is 3. The molecule has 7 heteroatoms. The summed E-state index contributed by atoms with van der Waals surface area (Å²) < 4.78 is 0. The Kier molecular flexibility index (Phi) is 2.26. The Morgan fingerprint density at radius 2 is 2.58 bits per heavy atom. The Balaban J connectivity index is 2.88. The normalized spacial score (nSPS) is 10.3. The summed E-state index contributed by atoms with van der Waals surface area (Å²) in [5.74, 6) is 0.0697. The van der Waals surface area contributed by atoms with Crippen molar-refractivity contribution in [3.63, 3.8) is 0 Å². The summed E-state index contributed by atoms with van der Waals surface area (Å²) in [4.78, 5) is 17.3. The van der Waals surface area contributed by atoms with E-state index in [1.165, 1.54) is 12.4 Å². The average Bonchev–Trinajstić information content (AvgIpc) is 2.51. The lowest BCUT2D eigenvalue weighted by Gasteiger charge is -2.07. The lowest BCUT2D eigenvalue weighted by molar-refractivity contribution is 0.205. The number of oxime groups is 1. The maximum absolute atomic E-state index is 10.5. The molecule has 0 bridgehead atoms. The maximum atomic E-state index is 10.5. The highest BCUT2D eigenvalue weighted by Crippen LogP contribution is 2.02. The molecule has 0 aliphatic heterocycles. The van der Waals surface area contributed by atoms with E-state index in [-0.39, 0.29) is 5.95 Å². The Morgan fingerprint density at radius 3 is 3.00 bits per heavy atom. The summed E-state index contributed by atoms with van der Waals surface area (Å²) in [6.07, 6.45) is 2.27. The van der Waals surface area contributed by atoms with Crippen LogP contribution in [0, 0.1) is 0 Å². The number of rotatable bonds is 2. The van der Waals surface area contributed by atoms with Crippen LogP contribution in [0.3, 0.4) is 0 Å². The number of carbonyl (C=O) groups is 1. The summed E-state index contributed by atoms with van der Waals surface area (Å²) in [6, 6.07) is 0. The van der Waals surface area contributed by atoms with Crippen LogP contribution in [-0.2, 0) is 0 Å². The molecule has 0 fully saturated rings. The zero-order chi connectivity index (χ0) is 8.97. The van der Waals surface area contributed by atoms with Crippen LogP contribution in [0.25, 0.3) is 0 Å². The van der Waals surface area contributed by atoms with Crippen LogP contribution in [0.1, 0.15) is 0 Å². The molecule has 0 saturated heterocycles. The fourth-order valence-electron chi connectivity index (χ4n) is 0.635. The number of hydrogen-bond acceptors (Lipinski definition) is 4. The number of aromatic nitrogens is 2. The van der Waals surface area contributed by atoms with Gasteiger partial charge in [0.05, 0.1) is 0 Å². The van der Waals surface area contributed by atoms with Gasteiger partial charge in [-0.3, -0.25) is 0 Å². The minimum absolute atomic E-state index is 0.0697. The monoisotopic (exact) mass is 170 g/mol. The van der Waals surface area contributed by atoms with Crippen LogP contribution < -0.4 is 4.90 Å². The van der Waals surface area contributed by atoms with Gasteiger partial charge in [-0.2, -0.15) is 0 Å². The van der Waals surface area contributed by atoms with Crippen LogP contribution in [0.15, 0.2) is 17.5 Å². The van der Waals surface area contributed by atoms with Gasteiger partial charge in [-0.15, -0.1) is 0 Å². The minimum Gasteiger partial charge on any atom is -0.464 e. The molecule has 7 nitrogen and oxygen atoms in total. The highest BCUT2D eigenvalue weighted by Gasteiger charge is 2.13. The molecule has 0 atom stereocenters. The molecule has 0 spiro atoms. The van der Waals surface area contributed by atoms with Gasteiger partial charge in [0, 0.05) is 12.4 Å². The summed E-state index contributed by atoms with van der Waals surface area (Å²) >= 11 is 0. The van der Waals surface area contributed by atoms with Crippen LogP contribution in [0.2, 0.25) is 0 Å². The Hall–Kier alpha value is -2.05. The maximum Gasteiger partial charge on any atom is 0.419 e. The fourth-order valence-corrected chi connectivity index (χ4v) is 0.635. The number of nitrogens with one attached hydrogen (secondary N) is 1. The van der Waals surface area contributed by atoms with Gasteiger partial charge in [0.15, 0.2) is 0 Å². The van der Waals surface area contributed by atoms with E-state index in [0.717, 1.165) is 6.34 Å². The molecule has 0 radical (unpaired) electrons. The van der Waals surface area contributed by atoms with Crippen LogP contribution in [0.5, 0.6) is 0 Å². The molecule has 1 amide bonds. The molecule has 64 valence electrons. The van der Waals surface area contributed by atoms with Gasteiger partial charge in [-0.25, -0.2) is 14.7 Å². The van der Waals surface area contributed by atoms with E-state index < -0.39 is 6.09 Å². The number of imidazole rings is 1. The number of aromatic amines is 1. The first-order valence-corrected chi connectivity index (χ1v) is 2.95. The van der Waals surface area contributed by atoms with E-state index >= 15 is 0 Å². The third-order valence-electron chi connectivity index (χ3n) is 1.09. The average molecular weight is 170 g/mol. The summed E-state index contributed by atoms with van der Waals surface area (Å²) in [6.45, 7) is 0. The molecular weight excluding hydrogens is 164 g/mol. The number of amides is 1. The summed E-state index contributed by atoms with van der Waals surface area (Å²) in [5, 5.41) is 19.2. The number of nitrogens with zero attached hydrogens (tertiary/aromatic N) is 3. The number of carboxylic acid groups (broad SMARTS) is 1. The molecule has 1 aromatic rings. The quantitative estimate of drug-likeness (QED) is 0.257. The highest BCUT2D eigenvalue weighted by molar-refractivity contribution is 6.01. The van der Waals surface area contributed by atoms with Crippen LogP contribution in [0.4, 0.5) is 10.7 Å². The van der Waals surface area contributed by atoms with E-state index in [2.05, 4.69) is 15.1 Å². The summed E-state index contributed by atoms with van der Waals surface area (Å²) in [7, 11) is 0. The van der Waals surface area contributed by atoms with Crippen molar-refractivity contribution in [1.82, 2.24) is 9.97 Å². The second kappa shape index (κ2) is 3.37. The van der Waals surface area contributed by atoms with Gasteiger partial charge in [0.25, 0.3) is 0 Å². The Morgan fingerprint density at radius 1 is 1.83 bits per heavy atom. The molecule has 3 N–H and O–H groups in total. The van der Waals surface area contributed by atoms with Crippen molar-refractivity contribution < 1.29 is 15.1 Å². The standard InChI is InChI=1S/C5H6N4O3/c10-5(11)9(3-8-12)4-6-1-2-7-4/h1-3,12H,(H,6,7)(H,10,11). The largest absolute Gasteiger partial charge is 0.464 e. The smallest absolute Gasteiger partial charge is 0.419 e. The van der Waals surface area contributed by atoms with Gasteiger partial charge < -0.3 is 15.3 Å². The molecule has 12 heavy (non-hydrogen) atoms. The predicted molar refractivity (Wildman–Crippen MR) is 39.4 cm³/mol. The van der Waals surface area contributed by atoms with Gasteiger partial charge in [0.2, 0.25) is 5.95 Å². The Labute approximate surface area is 66.9 Å². The van der Waals surface area contributed by atoms with E-state index in [0.29, 0.717) is 4.90 Å². The molecular formula is C5H6N4O3. The van der Waals surface area contributed by atoms with Crippen LogP contribution >= 0.6 is 0 Å². The predicted octanol–water partition coefficient (Wildman–Crippen LogP) is 0.312. The fraction of sp³-hybridized carbons (Fsp3) is 0. The molecule has 1 rings (SSSR count). The molecule has 1 heterocycles. The zero-order valence-corrected chi connectivity index (χ0v) is 5.88. The topological polar surface area (TPSA) is 102 Å². The van der Waals surface area contributed by atoms with E-state index in [1.807, 2.05) is 0 Å². The number of H-pyrrole nitrogens is 1. The van der Waals surface area contributed by atoms with Crippen molar-refractivity contribution in [2.75, 3.05) is 4.90 Å². The number of anilines is 1. The van der Waals surface area contributed by atoms with Crippen molar-refractivity contribution in [3.8, 4) is 0 Å². The highest BCUT2D eigenvalue weighted by atomic mass is 16.4. The Bertz CT molecular complexity index is 281. The molecule has 0 saturated carbocycles. The van der Waals surface area contributed by atoms with E-state index in [1.54, 1.807) is 0 Å². The lowest BCUT2D eigenvalue weighted by atomic mass is 10.8. The second-order valence-electron chi connectivity index (χ2n) is 1.80. The van der Waals surface area contributed by atoms with Crippen molar-refractivity contribution in [2.24, 2.45) is 5.16 Å². The van der Waals surface area contributed by atoms with Crippen molar-refractivity contribution in [3.05, 3.63) is 12.4 Å². The zero-order valence-electron chi connectivity index (χ0n) is 5.88. The first-order valence-electron chi connectivity index (χ1n) is 2.95. The van der Waals surface area contributed by atoms with Crippen molar-refractivity contribution in [2.45, 2.75) is 0 Å². The van der Waals surface area contributed by atoms with Gasteiger partial charge >= 0.3 is 6.09 Å². The second-order valence-corrected chi connectivity index (χ2v) is 1.80. The molecule has 0 aliphatic carbocycles. The first kappa shape index (κ1) is 8.05. The lowest BCUT2D eigenvalue weighted by Crippen LogP contribution is -2.28. The van der Waals surface area contributed by atoms with Gasteiger partial charge in [0.1, 0.15) is 6.34 Å². The van der Waals surface area contributed by atoms with Crippen molar-refractivity contribution in [1.29, 1.82) is 0 Å². The van der Waals surface area contributed by atoms with E-state index in [4.69, 9.17) is 10.3 Å².